The second-order valence-electron chi connectivity index (χ2n) is 4.52. The van der Waals surface area contributed by atoms with Crippen molar-refractivity contribution in [2.45, 2.75) is 39.7 Å². The van der Waals surface area contributed by atoms with Crippen LogP contribution in [0.3, 0.4) is 0 Å². The molecule has 0 saturated heterocycles. The van der Waals surface area contributed by atoms with Crippen molar-refractivity contribution in [2.75, 3.05) is 13.2 Å². The molecule has 0 saturated carbocycles. The molecule has 0 aromatic carbocycles. The molecule has 1 atom stereocenters. The van der Waals surface area contributed by atoms with Crippen molar-refractivity contribution in [2.24, 2.45) is 5.92 Å². The van der Waals surface area contributed by atoms with E-state index in [2.05, 4.69) is 0 Å². The summed E-state index contributed by atoms with van der Waals surface area (Å²) in [6.07, 6.45) is -0.138. The highest BCUT2D eigenvalue weighted by Gasteiger charge is 2.27. The Hall–Kier alpha value is -0.770. The zero-order valence-electron chi connectivity index (χ0n) is 9.45. The van der Waals surface area contributed by atoms with Crippen LogP contribution in [0.25, 0.3) is 0 Å². The normalized spacial score (nSPS) is 13.8. The molecule has 4 nitrogen and oxygen atoms in total. The summed E-state index contributed by atoms with van der Waals surface area (Å²) in [6.45, 7) is 7.94. The molecule has 1 amide bonds. The van der Waals surface area contributed by atoms with Crippen LogP contribution in [0.1, 0.15) is 34.1 Å². The lowest BCUT2D eigenvalue weighted by molar-refractivity contribution is 0.0769. The minimum absolute atomic E-state index is 0.0327. The van der Waals surface area contributed by atoms with Gasteiger partial charge in [0.25, 0.3) is 0 Å². The lowest BCUT2D eigenvalue weighted by Crippen LogP contribution is -2.47. The molecule has 0 aromatic rings. The number of nitrogens with zero attached hydrogens (tertiary/aromatic N) is 1. The van der Waals surface area contributed by atoms with Crippen LogP contribution in [0.4, 0.5) is 4.79 Å². The van der Waals surface area contributed by atoms with Gasteiger partial charge in [-0.15, -0.1) is 0 Å². The zero-order valence-corrected chi connectivity index (χ0v) is 9.45. The molecule has 4 heteroatoms. The van der Waals surface area contributed by atoms with E-state index in [0.717, 1.165) is 6.42 Å². The quantitative estimate of drug-likeness (QED) is 0.732. The van der Waals surface area contributed by atoms with Crippen molar-refractivity contribution < 1.29 is 15.0 Å². The van der Waals surface area contributed by atoms with Crippen LogP contribution in [0.5, 0.6) is 0 Å². The summed E-state index contributed by atoms with van der Waals surface area (Å²) in [7, 11) is 0. The fraction of sp³-hybridized carbons (Fsp3) is 0.900. The number of carbonyl (C=O) groups is 1. The molecule has 0 heterocycles. The second-order valence-corrected chi connectivity index (χ2v) is 4.52. The van der Waals surface area contributed by atoms with Crippen LogP contribution in [0, 0.1) is 5.92 Å². The third-order valence-electron chi connectivity index (χ3n) is 2.32. The van der Waals surface area contributed by atoms with Gasteiger partial charge in [0.15, 0.2) is 0 Å². The summed E-state index contributed by atoms with van der Waals surface area (Å²) in [5.41, 5.74) is -0.408. The first-order valence-corrected chi connectivity index (χ1v) is 4.94. The average Bonchev–Trinajstić information content (AvgIpc) is 2.03. The molecule has 0 aromatic heterocycles. The maximum atomic E-state index is 11.0. The van der Waals surface area contributed by atoms with Crippen LogP contribution >= 0.6 is 0 Å². The molecule has 84 valence electrons. The van der Waals surface area contributed by atoms with Gasteiger partial charge in [-0.2, -0.15) is 0 Å². The largest absolute Gasteiger partial charge is 0.465 e. The topological polar surface area (TPSA) is 60.8 Å². The summed E-state index contributed by atoms with van der Waals surface area (Å²) in [4.78, 5) is 12.3. The SMILES string of the molecule is CCC(CO)CN(C(=O)O)C(C)(C)C. The molecule has 0 rings (SSSR count). The summed E-state index contributed by atoms with van der Waals surface area (Å²) in [5.74, 6) is 0.0327. The first-order valence-electron chi connectivity index (χ1n) is 4.94. The lowest BCUT2D eigenvalue weighted by atomic mass is 10.0. The predicted molar refractivity (Wildman–Crippen MR) is 55.4 cm³/mol. The molecule has 0 spiro atoms. The summed E-state index contributed by atoms with van der Waals surface area (Å²) >= 11 is 0. The maximum absolute atomic E-state index is 11.0. The number of carboxylic acid groups (broad SMARTS) is 1. The Morgan fingerprint density at radius 1 is 1.43 bits per heavy atom. The molecule has 0 aliphatic heterocycles. The van der Waals surface area contributed by atoms with Crippen LogP contribution in [0.15, 0.2) is 0 Å². The smallest absolute Gasteiger partial charge is 0.407 e. The maximum Gasteiger partial charge on any atom is 0.407 e. The van der Waals surface area contributed by atoms with Crippen molar-refractivity contribution in [3.05, 3.63) is 0 Å². The Morgan fingerprint density at radius 2 is 1.93 bits per heavy atom. The Labute approximate surface area is 85.5 Å². The highest BCUT2D eigenvalue weighted by Crippen LogP contribution is 2.16. The van der Waals surface area contributed by atoms with E-state index in [1.165, 1.54) is 4.90 Å². The van der Waals surface area contributed by atoms with Crippen LogP contribution in [-0.4, -0.2) is 39.9 Å². The highest BCUT2D eigenvalue weighted by atomic mass is 16.4. The first kappa shape index (κ1) is 13.2. The van der Waals surface area contributed by atoms with E-state index in [9.17, 15) is 4.79 Å². The van der Waals surface area contributed by atoms with Crippen LogP contribution in [0.2, 0.25) is 0 Å². The van der Waals surface area contributed by atoms with E-state index in [1.54, 1.807) is 0 Å². The number of amides is 1. The van der Waals surface area contributed by atoms with Crippen LogP contribution in [-0.2, 0) is 0 Å². The van der Waals surface area contributed by atoms with Gasteiger partial charge in [-0.05, 0) is 33.1 Å². The first-order chi connectivity index (χ1) is 6.32. The third-order valence-corrected chi connectivity index (χ3v) is 2.32. The van der Waals surface area contributed by atoms with E-state index in [0.29, 0.717) is 6.54 Å². The predicted octanol–water partition coefficient (Wildman–Crippen LogP) is 1.78. The molecule has 0 fully saturated rings. The molecule has 2 N–H and O–H groups in total. The van der Waals surface area contributed by atoms with Crippen molar-refractivity contribution in [3.63, 3.8) is 0 Å². The van der Waals surface area contributed by atoms with Crippen LogP contribution < -0.4 is 0 Å². The van der Waals surface area contributed by atoms with Crippen molar-refractivity contribution in [3.8, 4) is 0 Å². The Balaban J connectivity index is 4.45. The van der Waals surface area contributed by atoms with Crippen molar-refractivity contribution in [1.29, 1.82) is 0 Å². The Kier molecular flexibility index (Phi) is 4.91. The van der Waals surface area contributed by atoms with E-state index in [4.69, 9.17) is 10.2 Å². The second kappa shape index (κ2) is 5.20. The minimum Gasteiger partial charge on any atom is -0.465 e. The molecule has 0 radical (unpaired) electrons. The number of aliphatic hydroxyl groups is 1. The molecule has 14 heavy (non-hydrogen) atoms. The van der Waals surface area contributed by atoms with E-state index in [-0.39, 0.29) is 12.5 Å². The van der Waals surface area contributed by atoms with Gasteiger partial charge >= 0.3 is 6.09 Å². The summed E-state index contributed by atoms with van der Waals surface area (Å²) in [5, 5.41) is 18.0. The Bertz CT molecular complexity index is 182. The molecule has 0 aliphatic carbocycles. The third kappa shape index (κ3) is 3.96. The van der Waals surface area contributed by atoms with E-state index < -0.39 is 11.6 Å². The fourth-order valence-electron chi connectivity index (χ4n) is 1.21. The highest BCUT2D eigenvalue weighted by molar-refractivity contribution is 5.65. The Morgan fingerprint density at radius 3 is 2.14 bits per heavy atom. The minimum atomic E-state index is -0.926. The summed E-state index contributed by atoms with van der Waals surface area (Å²) < 4.78 is 0. The number of aliphatic hydroxyl groups excluding tert-OH is 1. The van der Waals surface area contributed by atoms with E-state index in [1.807, 2.05) is 27.7 Å². The van der Waals surface area contributed by atoms with Gasteiger partial charge in [-0.1, -0.05) is 6.92 Å². The molecule has 1 unspecified atom stereocenters. The van der Waals surface area contributed by atoms with Gasteiger partial charge < -0.3 is 15.1 Å². The fourth-order valence-corrected chi connectivity index (χ4v) is 1.21. The van der Waals surface area contributed by atoms with Gasteiger partial charge in [0.05, 0.1) is 0 Å². The lowest BCUT2D eigenvalue weighted by Gasteiger charge is -2.35. The van der Waals surface area contributed by atoms with Gasteiger partial charge in [-0.25, -0.2) is 4.79 Å². The van der Waals surface area contributed by atoms with Crippen molar-refractivity contribution >= 4 is 6.09 Å². The van der Waals surface area contributed by atoms with Crippen molar-refractivity contribution in [1.82, 2.24) is 4.90 Å². The molecular formula is C10H21NO3. The van der Waals surface area contributed by atoms with Gasteiger partial charge in [-0.3, -0.25) is 0 Å². The van der Waals surface area contributed by atoms with Gasteiger partial charge in [0, 0.05) is 18.7 Å². The monoisotopic (exact) mass is 203 g/mol. The molecule has 0 bridgehead atoms. The standard InChI is InChI=1S/C10H21NO3/c1-5-8(7-12)6-11(9(13)14)10(2,3)4/h8,12H,5-7H2,1-4H3,(H,13,14). The number of rotatable bonds is 4. The molecule has 0 aliphatic rings. The number of hydrogen-bond acceptors (Lipinski definition) is 2. The molecular weight excluding hydrogens is 182 g/mol. The van der Waals surface area contributed by atoms with Gasteiger partial charge in [0.2, 0.25) is 0 Å². The zero-order chi connectivity index (χ0) is 11.4. The average molecular weight is 203 g/mol. The summed E-state index contributed by atoms with van der Waals surface area (Å²) in [6, 6.07) is 0. The van der Waals surface area contributed by atoms with Gasteiger partial charge in [0.1, 0.15) is 0 Å². The van der Waals surface area contributed by atoms with E-state index >= 15 is 0 Å². The number of hydrogen-bond donors (Lipinski definition) is 2.